The molecule has 2 aromatic carbocycles. The van der Waals surface area contributed by atoms with E-state index >= 15 is 0 Å². The molecule has 0 radical (unpaired) electrons. The second-order valence-corrected chi connectivity index (χ2v) is 10.3. The number of carbonyl (C=O) groups is 2. The zero-order valence-corrected chi connectivity index (χ0v) is 18.8. The van der Waals surface area contributed by atoms with Crippen molar-refractivity contribution in [2.75, 3.05) is 9.62 Å². The number of anilines is 2. The molecule has 1 atom stereocenters. The van der Waals surface area contributed by atoms with Crippen molar-refractivity contribution < 1.29 is 14.1 Å². The van der Waals surface area contributed by atoms with Crippen LogP contribution in [0.15, 0.2) is 53.0 Å². The highest BCUT2D eigenvalue weighted by atomic mass is 35.5. The summed E-state index contributed by atoms with van der Waals surface area (Å²) >= 11 is 5.77. The lowest BCUT2D eigenvalue weighted by Gasteiger charge is -2.19. The molecular formula is C21H18ClN3O3S2. The van der Waals surface area contributed by atoms with E-state index in [-0.39, 0.29) is 27.3 Å². The Morgan fingerprint density at radius 3 is 2.33 bits per heavy atom. The van der Waals surface area contributed by atoms with Crippen molar-refractivity contribution in [1.82, 2.24) is 4.98 Å². The van der Waals surface area contributed by atoms with Crippen LogP contribution in [0, 0.1) is 0 Å². The minimum atomic E-state index is -1.63. The molecule has 154 valence electrons. The highest BCUT2D eigenvalue weighted by Gasteiger charge is 2.41. The fourth-order valence-electron chi connectivity index (χ4n) is 3.17. The Bertz CT molecular complexity index is 1130. The first-order chi connectivity index (χ1) is 14.2. The monoisotopic (exact) mass is 459 g/mol. The van der Waals surface area contributed by atoms with Crippen LogP contribution in [-0.4, -0.2) is 21.4 Å². The number of rotatable bonds is 4. The van der Waals surface area contributed by atoms with Gasteiger partial charge in [0.2, 0.25) is 0 Å². The maximum absolute atomic E-state index is 13.0. The van der Waals surface area contributed by atoms with Gasteiger partial charge in [0.25, 0.3) is 11.8 Å². The summed E-state index contributed by atoms with van der Waals surface area (Å²) in [6.45, 7) is 6.31. The van der Waals surface area contributed by atoms with E-state index in [9.17, 15) is 14.1 Å². The van der Waals surface area contributed by atoms with Gasteiger partial charge in [0.1, 0.15) is 16.4 Å². The predicted octanol–water partition coefficient (Wildman–Crippen LogP) is 5.03. The first-order valence-electron chi connectivity index (χ1n) is 9.07. The normalized spacial score (nSPS) is 14.8. The number of hydrogen-bond acceptors (Lipinski definition) is 6. The summed E-state index contributed by atoms with van der Waals surface area (Å²) in [5, 5.41) is 0.573. The van der Waals surface area contributed by atoms with E-state index in [0.29, 0.717) is 9.90 Å². The average molecular weight is 460 g/mol. The summed E-state index contributed by atoms with van der Waals surface area (Å²) in [7, 11) is 0. The molecule has 0 aliphatic carbocycles. The number of benzene rings is 2. The van der Waals surface area contributed by atoms with Gasteiger partial charge >= 0.3 is 0 Å². The third-order valence-electron chi connectivity index (χ3n) is 4.77. The van der Waals surface area contributed by atoms with Crippen molar-refractivity contribution in [3.05, 3.63) is 69.8 Å². The van der Waals surface area contributed by atoms with E-state index in [1.54, 1.807) is 18.2 Å². The van der Waals surface area contributed by atoms with Crippen molar-refractivity contribution in [2.24, 2.45) is 0 Å². The molecule has 9 heteroatoms. The standard InChI is InChI=1S/C21H18ClN3O3S2/c1-21(2,3)12-4-6-13(7-5-12)30(28)24-15-9-8-14(22)17-18(15)20(27)25(19(17)26)16-10-23-11-29-16/h4-11,24H,1-3H3. The van der Waals surface area contributed by atoms with Crippen LogP contribution in [0.5, 0.6) is 0 Å². The summed E-state index contributed by atoms with van der Waals surface area (Å²) in [6.07, 6.45) is 1.45. The summed E-state index contributed by atoms with van der Waals surface area (Å²) in [5.74, 6) is -1.04. The highest BCUT2D eigenvalue weighted by Crippen LogP contribution is 2.38. The summed E-state index contributed by atoms with van der Waals surface area (Å²) < 4.78 is 15.8. The first-order valence-corrected chi connectivity index (χ1v) is 11.5. The minimum Gasteiger partial charge on any atom is -0.588 e. The second kappa shape index (κ2) is 7.70. The maximum Gasteiger partial charge on any atom is 0.269 e. The number of hydrogen-bond donors (Lipinski definition) is 1. The van der Waals surface area contributed by atoms with Crippen LogP contribution in [0.1, 0.15) is 47.1 Å². The van der Waals surface area contributed by atoms with Crippen molar-refractivity contribution in [1.29, 1.82) is 0 Å². The number of imide groups is 1. The third-order valence-corrected chi connectivity index (χ3v) is 6.94. The number of aromatic nitrogens is 1. The molecule has 3 aromatic rings. The van der Waals surface area contributed by atoms with Gasteiger partial charge in [0.05, 0.1) is 33.5 Å². The molecule has 2 heterocycles. The van der Waals surface area contributed by atoms with Crippen LogP contribution >= 0.6 is 22.9 Å². The minimum absolute atomic E-state index is 0.0165. The molecule has 4 rings (SSSR count). The molecular weight excluding hydrogens is 442 g/mol. The lowest BCUT2D eigenvalue weighted by molar-refractivity contribution is 0.0927. The van der Waals surface area contributed by atoms with Crippen molar-refractivity contribution >= 4 is 56.8 Å². The average Bonchev–Trinajstić information content (AvgIpc) is 3.30. The molecule has 1 N–H and O–H groups in total. The molecule has 1 aromatic heterocycles. The van der Waals surface area contributed by atoms with Crippen molar-refractivity contribution in [3.8, 4) is 0 Å². The molecule has 0 fully saturated rings. The Morgan fingerprint density at radius 1 is 1.07 bits per heavy atom. The van der Waals surface area contributed by atoms with Crippen LogP contribution in [0.2, 0.25) is 5.02 Å². The molecule has 1 aliphatic rings. The van der Waals surface area contributed by atoms with E-state index < -0.39 is 23.2 Å². The summed E-state index contributed by atoms with van der Waals surface area (Å²) in [4.78, 5) is 31.4. The van der Waals surface area contributed by atoms with Gasteiger partial charge in [-0.25, -0.2) is 9.62 Å². The van der Waals surface area contributed by atoms with Crippen LogP contribution in [-0.2, 0) is 16.8 Å². The highest BCUT2D eigenvalue weighted by molar-refractivity contribution is 7.92. The molecule has 0 bridgehead atoms. The lowest BCUT2D eigenvalue weighted by Crippen LogP contribution is -2.28. The number of amides is 2. The van der Waals surface area contributed by atoms with Crippen LogP contribution < -0.4 is 9.62 Å². The van der Waals surface area contributed by atoms with Gasteiger partial charge in [-0.3, -0.25) is 14.6 Å². The topological polar surface area (TPSA) is 85.4 Å². The molecule has 30 heavy (non-hydrogen) atoms. The Balaban J connectivity index is 1.66. The summed E-state index contributed by atoms with van der Waals surface area (Å²) in [5.41, 5.74) is 3.14. The van der Waals surface area contributed by atoms with Gasteiger partial charge in [-0.05, 0) is 35.2 Å². The van der Waals surface area contributed by atoms with Gasteiger partial charge in [-0.2, -0.15) is 0 Å². The third kappa shape index (κ3) is 3.60. The molecule has 1 unspecified atom stereocenters. The van der Waals surface area contributed by atoms with E-state index in [1.165, 1.54) is 29.1 Å². The van der Waals surface area contributed by atoms with E-state index in [4.69, 9.17) is 11.6 Å². The predicted molar refractivity (Wildman–Crippen MR) is 120 cm³/mol. The zero-order valence-electron chi connectivity index (χ0n) is 16.4. The van der Waals surface area contributed by atoms with Gasteiger partial charge < -0.3 is 4.55 Å². The van der Waals surface area contributed by atoms with E-state index in [1.807, 2.05) is 12.1 Å². The fourth-order valence-corrected chi connectivity index (χ4v) is 4.90. The largest absolute Gasteiger partial charge is 0.588 e. The first kappa shape index (κ1) is 20.9. The molecule has 2 amide bonds. The number of carbonyl (C=O) groups excluding carboxylic acids is 2. The van der Waals surface area contributed by atoms with Crippen molar-refractivity contribution in [3.63, 3.8) is 0 Å². The van der Waals surface area contributed by atoms with E-state index in [0.717, 1.165) is 10.5 Å². The molecule has 1 aliphatic heterocycles. The molecule has 0 saturated heterocycles. The fraction of sp³-hybridized carbons (Fsp3) is 0.190. The van der Waals surface area contributed by atoms with Gasteiger partial charge in [0.15, 0.2) is 4.90 Å². The Kier molecular flexibility index (Phi) is 5.36. The van der Waals surface area contributed by atoms with Crippen molar-refractivity contribution in [2.45, 2.75) is 31.1 Å². The lowest BCUT2D eigenvalue weighted by atomic mass is 9.87. The zero-order chi connectivity index (χ0) is 21.6. The van der Waals surface area contributed by atoms with Crippen LogP contribution in [0.25, 0.3) is 0 Å². The van der Waals surface area contributed by atoms with Gasteiger partial charge in [0, 0.05) is 0 Å². The number of nitrogens with zero attached hydrogens (tertiary/aromatic N) is 2. The Morgan fingerprint density at radius 2 is 1.73 bits per heavy atom. The van der Waals surface area contributed by atoms with Crippen LogP contribution in [0.3, 0.4) is 0 Å². The second-order valence-electron chi connectivity index (χ2n) is 7.78. The number of halogens is 1. The maximum atomic E-state index is 13.0. The number of fused-ring (bicyclic) bond motifs is 1. The van der Waals surface area contributed by atoms with Gasteiger partial charge in [-0.15, -0.1) is 11.3 Å². The molecule has 0 saturated carbocycles. The number of nitrogens with one attached hydrogen (secondary N) is 1. The van der Waals surface area contributed by atoms with Crippen LogP contribution in [0.4, 0.5) is 10.7 Å². The van der Waals surface area contributed by atoms with E-state index in [2.05, 4.69) is 30.5 Å². The van der Waals surface area contributed by atoms with Gasteiger partial charge in [-0.1, -0.05) is 44.5 Å². The molecule has 0 spiro atoms. The molecule has 6 nitrogen and oxygen atoms in total. The Hall–Kier alpha value is -2.39. The number of thiazole rings is 1. The summed E-state index contributed by atoms with van der Waals surface area (Å²) in [6, 6.07) is 10.5. The smallest absolute Gasteiger partial charge is 0.269 e. The quantitative estimate of drug-likeness (QED) is 0.437. The Labute approximate surface area is 186 Å². The SMILES string of the molecule is CC(C)(C)c1ccc([S+]([O-])Nc2ccc(Cl)c3c2C(=O)N(c2cncs2)C3=O)cc1.